The second kappa shape index (κ2) is 10.0. The van der Waals surface area contributed by atoms with E-state index >= 15 is 0 Å². The number of rotatable bonds is 9. The van der Waals surface area contributed by atoms with E-state index in [0.717, 1.165) is 48.3 Å². The van der Waals surface area contributed by atoms with Crippen molar-refractivity contribution in [1.29, 1.82) is 0 Å². The van der Waals surface area contributed by atoms with Gasteiger partial charge in [0, 0.05) is 24.5 Å². The lowest BCUT2D eigenvalue weighted by molar-refractivity contribution is 0.115. The zero-order valence-electron chi connectivity index (χ0n) is 17.0. The summed E-state index contributed by atoms with van der Waals surface area (Å²) in [5.41, 5.74) is 2.01. The lowest BCUT2D eigenvalue weighted by Gasteiger charge is -2.30. The van der Waals surface area contributed by atoms with Gasteiger partial charge in [0.15, 0.2) is 0 Å². The summed E-state index contributed by atoms with van der Waals surface area (Å²) in [5, 5.41) is 15.8. The number of hydrogen-bond acceptors (Lipinski definition) is 4. The van der Waals surface area contributed by atoms with Crippen molar-refractivity contribution in [3.63, 3.8) is 0 Å². The molecule has 2 aromatic rings. The number of aliphatic hydroxyl groups is 1. The van der Waals surface area contributed by atoms with E-state index in [2.05, 4.69) is 42.3 Å². The fourth-order valence-corrected chi connectivity index (χ4v) is 4.00. The Bertz CT molecular complexity index is 704. The van der Waals surface area contributed by atoms with Crippen LogP contribution in [0.3, 0.4) is 0 Å². The Morgan fingerprint density at radius 1 is 1.15 bits per heavy atom. The van der Waals surface area contributed by atoms with E-state index in [-0.39, 0.29) is 6.04 Å². The first-order valence-electron chi connectivity index (χ1n) is 10.8. The lowest BCUT2D eigenvalue weighted by atomic mass is 9.93. The molecule has 1 aromatic heterocycles. The fraction of sp³-hybridized carbons (Fsp3) is 0.609. The molecule has 0 spiro atoms. The number of hydrogen-bond donors (Lipinski definition) is 2. The average molecular weight is 370 g/mol. The molecule has 148 valence electrons. The third-order valence-corrected chi connectivity index (χ3v) is 5.67. The minimum Gasteiger partial charge on any atom is -0.387 e. The molecule has 0 bridgehead atoms. The summed E-state index contributed by atoms with van der Waals surface area (Å²) in [5.74, 6) is 1.01. The number of fused-ring (bicyclic) bond motifs is 1. The highest BCUT2D eigenvalue weighted by atomic mass is 16.3. The van der Waals surface area contributed by atoms with Crippen molar-refractivity contribution in [2.75, 3.05) is 24.5 Å². The Hall–Kier alpha value is -1.65. The molecule has 27 heavy (non-hydrogen) atoms. The minimum absolute atomic E-state index is 0.136. The normalized spacial score (nSPS) is 18.6. The van der Waals surface area contributed by atoms with Gasteiger partial charge in [0.2, 0.25) is 0 Å². The van der Waals surface area contributed by atoms with Gasteiger partial charge in [0.1, 0.15) is 5.82 Å². The number of aromatic nitrogens is 1. The first-order chi connectivity index (χ1) is 13.2. The molecule has 0 aliphatic carbocycles. The van der Waals surface area contributed by atoms with Crippen LogP contribution in [0.5, 0.6) is 0 Å². The molecule has 1 aliphatic heterocycles. The fourth-order valence-electron chi connectivity index (χ4n) is 4.00. The molecule has 3 rings (SSSR count). The van der Waals surface area contributed by atoms with E-state index in [0.29, 0.717) is 0 Å². The van der Waals surface area contributed by atoms with Crippen molar-refractivity contribution in [3.05, 3.63) is 35.9 Å². The van der Waals surface area contributed by atoms with Crippen molar-refractivity contribution >= 4 is 16.7 Å². The molecule has 1 saturated heterocycles. The molecule has 1 fully saturated rings. The number of nitrogens with one attached hydrogen (secondary N) is 1. The minimum atomic E-state index is -0.490. The molecule has 4 nitrogen and oxygen atoms in total. The molecule has 4 heteroatoms. The zero-order chi connectivity index (χ0) is 19.1. The third-order valence-electron chi connectivity index (χ3n) is 5.67. The van der Waals surface area contributed by atoms with E-state index in [1.807, 2.05) is 12.1 Å². The Morgan fingerprint density at radius 2 is 1.89 bits per heavy atom. The molecule has 0 saturated carbocycles. The van der Waals surface area contributed by atoms with Gasteiger partial charge >= 0.3 is 0 Å². The molecule has 1 aromatic carbocycles. The Morgan fingerprint density at radius 3 is 2.56 bits per heavy atom. The van der Waals surface area contributed by atoms with Crippen molar-refractivity contribution in [3.8, 4) is 0 Å². The van der Waals surface area contributed by atoms with E-state index in [1.165, 1.54) is 38.5 Å². The first kappa shape index (κ1) is 20.1. The highest BCUT2D eigenvalue weighted by molar-refractivity contribution is 5.84. The van der Waals surface area contributed by atoms with Crippen LogP contribution in [0.25, 0.3) is 10.9 Å². The van der Waals surface area contributed by atoms with Crippen LogP contribution in [0, 0.1) is 0 Å². The van der Waals surface area contributed by atoms with Crippen LogP contribution in [-0.2, 0) is 0 Å². The Labute approximate surface area is 164 Å². The lowest BCUT2D eigenvalue weighted by Crippen LogP contribution is -2.39. The van der Waals surface area contributed by atoms with Gasteiger partial charge in [-0.3, -0.25) is 0 Å². The van der Waals surface area contributed by atoms with E-state index in [4.69, 9.17) is 4.98 Å². The Kier molecular flexibility index (Phi) is 7.48. The molecular weight excluding hydrogens is 334 g/mol. The van der Waals surface area contributed by atoms with Gasteiger partial charge in [-0.25, -0.2) is 4.98 Å². The Balaban J connectivity index is 1.97. The highest BCUT2D eigenvalue weighted by Crippen LogP contribution is 2.31. The summed E-state index contributed by atoms with van der Waals surface area (Å²) < 4.78 is 0. The number of pyridine rings is 1. The highest BCUT2D eigenvalue weighted by Gasteiger charge is 2.25. The molecule has 2 N–H and O–H groups in total. The summed E-state index contributed by atoms with van der Waals surface area (Å²) in [7, 11) is 0. The standard InChI is InChI=1S/C23H35N3O/c1-3-5-15-26(16-6-4-2)22-17-19(18-11-7-8-12-20(18)25-22)23(27)21-13-9-10-14-24-21/h7-8,11-12,17,21,23-24,27H,3-6,9-10,13-16H2,1-2H3. The summed E-state index contributed by atoms with van der Waals surface area (Å²) in [6, 6.07) is 10.5. The van der Waals surface area contributed by atoms with Crippen molar-refractivity contribution in [2.24, 2.45) is 0 Å². The van der Waals surface area contributed by atoms with Gasteiger partial charge in [-0.15, -0.1) is 0 Å². The summed E-state index contributed by atoms with van der Waals surface area (Å²) in [6.07, 6.45) is 7.62. The van der Waals surface area contributed by atoms with Crippen LogP contribution < -0.4 is 10.2 Å². The molecule has 2 atom stereocenters. The maximum atomic E-state index is 11.2. The largest absolute Gasteiger partial charge is 0.387 e. The predicted molar refractivity (Wildman–Crippen MR) is 114 cm³/mol. The summed E-state index contributed by atoms with van der Waals surface area (Å²) in [4.78, 5) is 7.37. The van der Waals surface area contributed by atoms with Gasteiger partial charge < -0.3 is 15.3 Å². The van der Waals surface area contributed by atoms with Crippen molar-refractivity contribution in [2.45, 2.75) is 70.9 Å². The smallest absolute Gasteiger partial charge is 0.129 e. The summed E-state index contributed by atoms with van der Waals surface area (Å²) >= 11 is 0. The SMILES string of the molecule is CCCCN(CCCC)c1cc(C(O)C2CCCCN2)c2ccccc2n1. The summed E-state index contributed by atoms with van der Waals surface area (Å²) in [6.45, 7) is 7.51. The van der Waals surface area contributed by atoms with Gasteiger partial charge in [-0.2, -0.15) is 0 Å². The molecule has 0 radical (unpaired) electrons. The van der Waals surface area contributed by atoms with Gasteiger partial charge in [0.25, 0.3) is 0 Å². The first-order valence-corrected chi connectivity index (χ1v) is 10.8. The van der Waals surface area contributed by atoms with Crippen LogP contribution in [0.15, 0.2) is 30.3 Å². The number of piperidine rings is 1. The van der Waals surface area contributed by atoms with Crippen LogP contribution in [-0.4, -0.2) is 35.8 Å². The number of unbranched alkanes of at least 4 members (excludes halogenated alkanes) is 2. The van der Waals surface area contributed by atoms with Crippen LogP contribution in [0.2, 0.25) is 0 Å². The van der Waals surface area contributed by atoms with Crippen LogP contribution in [0.1, 0.15) is 70.5 Å². The number of anilines is 1. The number of aliphatic hydroxyl groups excluding tert-OH is 1. The van der Waals surface area contributed by atoms with Crippen molar-refractivity contribution in [1.82, 2.24) is 10.3 Å². The van der Waals surface area contributed by atoms with E-state index in [9.17, 15) is 5.11 Å². The second-order valence-electron chi connectivity index (χ2n) is 7.78. The second-order valence-corrected chi connectivity index (χ2v) is 7.78. The quantitative estimate of drug-likeness (QED) is 0.665. The maximum absolute atomic E-state index is 11.2. The van der Waals surface area contributed by atoms with Gasteiger partial charge in [0.05, 0.1) is 11.6 Å². The third kappa shape index (κ3) is 4.99. The number of nitrogens with zero attached hydrogens (tertiary/aromatic N) is 2. The molecule has 0 amide bonds. The monoisotopic (exact) mass is 369 g/mol. The van der Waals surface area contributed by atoms with Crippen LogP contribution >= 0.6 is 0 Å². The molecule has 1 aliphatic rings. The van der Waals surface area contributed by atoms with Crippen LogP contribution in [0.4, 0.5) is 5.82 Å². The molecular formula is C23H35N3O. The zero-order valence-corrected chi connectivity index (χ0v) is 17.0. The van der Waals surface area contributed by atoms with Gasteiger partial charge in [-0.05, 0) is 49.9 Å². The number of benzene rings is 1. The van der Waals surface area contributed by atoms with E-state index < -0.39 is 6.10 Å². The molecule has 2 heterocycles. The van der Waals surface area contributed by atoms with E-state index in [1.54, 1.807) is 0 Å². The van der Waals surface area contributed by atoms with Gasteiger partial charge in [-0.1, -0.05) is 51.3 Å². The van der Waals surface area contributed by atoms with Crippen molar-refractivity contribution < 1.29 is 5.11 Å². The maximum Gasteiger partial charge on any atom is 0.129 e. The topological polar surface area (TPSA) is 48.4 Å². The predicted octanol–water partition coefficient (Wildman–Crippen LogP) is 4.82. The molecule has 2 unspecified atom stereocenters. The number of para-hydroxylation sites is 1. The average Bonchev–Trinajstić information content (AvgIpc) is 2.73.